The van der Waals surface area contributed by atoms with Crippen LogP contribution in [0.1, 0.15) is 19.5 Å². The van der Waals surface area contributed by atoms with Crippen LogP contribution < -0.4 is 5.73 Å². The van der Waals surface area contributed by atoms with E-state index in [9.17, 15) is 0 Å². The van der Waals surface area contributed by atoms with Crippen molar-refractivity contribution in [2.75, 3.05) is 6.54 Å². The lowest BCUT2D eigenvalue weighted by atomic mass is 9.87. The maximum atomic E-state index is 5.82. The Labute approximate surface area is 89.9 Å². The normalized spacial score (nSPS) is 12.3. The standard InChI is InChI=1S/C12H17N3/c1-12(2,8-13)11-9-6-4-5-7-10(9)14-15(11)3/h4-7H,8,13H2,1-3H3. The number of hydrogen-bond donors (Lipinski definition) is 1. The predicted molar refractivity (Wildman–Crippen MR) is 62.8 cm³/mol. The first kappa shape index (κ1) is 10.2. The van der Waals surface area contributed by atoms with Crippen LogP contribution in [-0.2, 0) is 12.5 Å². The van der Waals surface area contributed by atoms with Gasteiger partial charge in [0, 0.05) is 24.4 Å². The molecule has 0 fully saturated rings. The second-order valence-corrected chi connectivity index (χ2v) is 4.58. The van der Waals surface area contributed by atoms with Gasteiger partial charge in [0.15, 0.2) is 0 Å². The highest BCUT2D eigenvalue weighted by atomic mass is 15.3. The smallest absolute Gasteiger partial charge is 0.0926 e. The molecule has 0 spiro atoms. The second kappa shape index (κ2) is 3.35. The third-order valence-corrected chi connectivity index (χ3v) is 2.89. The average molecular weight is 203 g/mol. The van der Waals surface area contributed by atoms with Gasteiger partial charge in [-0.3, -0.25) is 4.68 Å². The van der Waals surface area contributed by atoms with Crippen molar-refractivity contribution in [1.29, 1.82) is 0 Å². The van der Waals surface area contributed by atoms with Crippen molar-refractivity contribution in [2.24, 2.45) is 12.8 Å². The van der Waals surface area contributed by atoms with E-state index < -0.39 is 0 Å². The predicted octanol–water partition coefficient (Wildman–Crippen LogP) is 1.81. The minimum atomic E-state index is -0.0369. The fourth-order valence-electron chi connectivity index (χ4n) is 2.05. The van der Waals surface area contributed by atoms with Crippen molar-refractivity contribution in [3.05, 3.63) is 30.0 Å². The SMILES string of the molecule is Cn1nc2ccccc2c1C(C)(C)CN. The van der Waals surface area contributed by atoms with Gasteiger partial charge in [0.25, 0.3) is 0 Å². The molecule has 3 nitrogen and oxygen atoms in total. The van der Waals surface area contributed by atoms with Crippen LogP contribution in [0.4, 0.5) is 0 Å². The largest absolute Gasteiger partial charge is 0.330 e. The van der Waals surface area contributed by atoms with E-state index in [0.717, 1.165) is 5.52 Å². The van der Waals surface area contributed by atoms with Gasteiger partial charge in [0.1, 0.15) is 0 Å². The Morgan fingerprint density at radius 1 is 1.33 bits per heavy atom. The minimum Gasteiger partial charge on any atom is -0.330 e. The molecule has 1 heterocycles. The molecule has 2 N–H and O–H groups in total. The Kier molecular flexibility index (Phi) is 2.27. The molecule has 80 valence electrons. The Morgan fingerprint density at radius 2 is 2.00 bits per heavy atom. The highest BCUT2D eigenvalue weighted by Crippen LogP contribution is 2.28. The van der Waals surface area contributed by atoms with Crippen LogP contribution >= 0.6 is 0 Å². The number of nitrogens with zero attached hydrogens (tertiary/aromatic N) is 2. The van der Waals surface area contributed by atoms with E-state index in [4.69, 9.17) is 5.73 Å². The van der Waals surface area contributed by atoms with Crippen LogP contribution in [0.3, 0.4) is 0 Å². The maximum absolute atomic E-state index is 5.82. The first-order valence-electron chi connectivity index (χ1n) is 5.18. The summed E-state index contributed by atoms with van der Waals surface area (Å²) >= 11 is 0. The molecule has 0 saturated heterocycles. The Morgan fingerprint density at radius 3 is 2.67 bits per heavy atom. The van der Waals surface area contributed by atoms with Gasteiger partial charge in [-0.2, -0.15) is 5.10 Å². The molecule has 2 rings (SSSR count). The zero-order chi connectivity index (χ0) is 11.1. The Bertz CT molecular complexity index is 483. The first-order chi connectivity index (χ1) is 7.06. The summed E-state index contributed by atoms with van der Waals surface area (Å²) in [4.78, 5) is 0. The summed E-state index contributed by atoms with van der Waals surface area (Å²) < 4.78 is 1.94. The summed E-state index contributed by atoms with van der Waals surface area (Å²) in [5.41, 5.74) is 8.03. The highest BCUT2D eigenvalue weighted by Gasteiger charge is 2.25. The van der Waals surface area contributed by atoms with Gasteiger partial charge >= 0.3 is 0 Å². The van der Waals surface area contributed by atoms with E-state index in [1.165, 1.54) is 11.1 Å². The van der Waals surface area contributed by atoms with Crippen molar-refractivity contribution in [1.82, 2.24) is 9.78 Å². The highest BCUT2D eigenvalue weighted by molar-refractivity contribution is 5.82. The number of nitrogens with two attached hydrogens (primary N) is 1. The van der Waals surface area contributed by atoms with Crippen LogP contribution in [0.5, 0.6) is 0 Å². The van der Waals surface area contributed by atoms with Crippen molar-refractivity contribution in [2.45, 2.75) is 19.3 Å². The van der Waals surface area contributed by atoms with Gasteiger partial charge in [-0.15, -0.1) is 0 Å². The van der Waals surface area contributed by atoms with Gasteiger partial charge in [-0.1, -0.05) is 32.0 Å². The van der Waals surface area contributed by atoms with Crippen LogP contribution in [0, 0.1) is 0 Å². The number of aryl methyl sites for hydroxylation is 1. The monoisotopic (exact) mass is 203 g/mol. The lowest BCUT2D eigenvalue weighted by Gasteiger charge is -2.23. The molecular formula is C12H17N3. The Balaban J connectivity index is 2.74. The van der Waals surface area contributed by atoms with E-state index in [1.54, 1.807) is 0 Å². The summed E-state index contributed by atoms with van der Waals surface area (Å²) in [7, 11) is 1.98. The van der Waals surface area contributed by atoms with Crippen LogP contribution in [0.15, 0.2) is 24.3 Å². The molecule has 3 heteroatoms. The minimum absolute atomic E-state index is 0.0369. The van der Waals surface area contributed by atoms with E-state index in [-0.39, 0.29) is 5.41 Å². The van der Waals surface area contributed by atoms with Crippen LogP contribution in [-0.4, -0.2) is 16.3 Å². The molecule has 0 aliphatic carbocycles. The molecule has 0 radical (unpaired) electrons. The maximum Gasteiger partial charge on any atom is 0.0926 e. The van der Waals surface area contributed by atoms with Crippen molar-refractivity contribution >= 4 is 10.9 Å². The van der Waals surface area contributed by atoms with E-state index in [0.29, 0.717) is 6.54 Å². The number of rotatable bonds is 2. The van der Waals surface area contributed by atoms with Gasteiger partial charge < -0.3 is 5.73 Å². The lowest BCUT2D eigenvalue weighted by molar-refractivity contribution is 0.492. The molecule has 2 aromatic rings. The first-order valence-corrected chi connectivity index (χ1v) is 5.18. The summed E-state index contributed by atoms with van der Waals surface area (Å²) in [5, 5.41) is 5.69. The summed E-state index contributed by atoms with van der Waals surface area (Å²) in [6, 6.07) is 8.19. The van der Waals surface area contributed by atoms with Crippen molar-refractivity contribution in [3.8, 4) is 0 Å². The van der Waals surface area contributed by atoms with Crippen molar-refractivity contribution in [3.63, 3.8) is 0 Å². The molecule has 0 aliphatic rings. The van der Waals surface area contributed by atoms with E-state index in [1.807, 2.05) is 29.9 Å². The molecule has 1 aromatic heterocycles. The van der Waals surface area contributed by atoms with Crippen LogP contribution in [0.25, 0.3) is 10.9 Å². The van der Waals surface area contributed by atoms with E-state index in [2.05, 4.69) is 25.0 Å². The van der Waals surface area contributed by atoms with Gasteiger partial charge in [0.2, 0.25) is 0 Å². The Hall–Kier alpha value is -1.35. The summed E-state index contributed by atoms with van der Waals surface area (Å²) in [5.74, 6) is 0. The zero-order valence-corrected chi connectivity index (χ0v) is 9.49. The fourth-order valence-corrected chi connectivity index (χ4v) is 2.05. The van der Waals surface area contributed by atoms with Gasteiger partial charge in [-0.05, 0) is 6.07 Å². The van der Waals surface area contributed by atoms with E-state index >= 15 is 0 Å². The topological polar surface area (TPSA) is 43.8 Å². The molecule has 0 unspecified atom stereocenters. The molecule has 0 aliphatic heterocycles. The van der Waals surface area contributed by atoms with Gasteiger partial charge in [0.05, 0.1) is 11.2 Å². The molecule has 0 atom stereocenters. The molecule has 15 heavy (non-hydrogen) atoms. The second-order valence-electron chi connectivity index (χ2n) is 4.58. The third-order valence-electron chi connectivity index (χ3n) is 2.89. The van der Waals surface area contributed by atoms with Gasteiger partial charge in [-0.25, -0.2) is 0 Å². The average Bonchev–Trinajstić information content (AvgIpc) is 2.54. The van der Waals surface area contributed by atoms with Crippen LogP contribution in [0.2, 0.25) is 0 Å². The molecular weight excluding hydrogens is 186 g/mol. The number of fused-ring (bicyclic) bond motifs is 1. The van der Waals surface area contributed by atoms with Crippen molar-refractivity contribution < 1.29 is 0 Å². The molecule has 0 amide bonds. The molecule has 1 aromatic carbocycles. The summed E-state index contributed by atoms with van der Waals surface area (Å²) in [6.07, 6.45) is 0. The molecule has 0 saturated carbocycles. The molecule has 0 bridgehead atoms. The fraction of sp³-hybridized carbons (Fsp3) is 0.417. The lowest BCUT2D eigenvalue weighted by Crippen LogP contribution is -2.30. The number of benzene rings is 1. The number of aromatic nitrogens is 2. The summed E-state index contributed by atoms with van der Waals surface area (Å²) in [6.45, 7) is 4.92. The zero-order valence-electron chi connectivity index (χ0n) is 9.49. The quantitative estimate of drug-likeness (QED) is 0.809. The third kappa shape index (κ3) is 1.53. The number of hydrogen-bond acceptors (Lipinski definition) is 2.